The molecule has 2 aromatic heterocycles. The molecule has 1 saturated heterocycles. The zero-order chi connectivity index (χ0) is 14.9. The minimum absolute atomic E-state index is 0.225. The predicted octanol–water partition coefficient (Wildman–Crippen LogP) is 2.70. The number of halogens is 1. The summed E-state index contributed by atoms with van der Waals surface area (Å²) in [5.74, 6) is 1.01. The van der Waals surface area contributed by atoms with Crippen molar-refractivity contribution in [3.05, 3.63) is 28.1 Å². The molecule has 0 bridgehead atoms. The highest BCUT2D eigenvalue weighted by atomic mass is 79.9. The van der Waals surface area contributed by atoms with E-state index in [0.717, 1.165) is 46.9 Å². The molecule has 0 radical (unpaired) electrons. The van der Waals surface area contributed by atoms with Gasteiger partial charge in [-0.1, -0.05) is 0 Å². The van der Waals surface area contributed by atoms with Gasteiger partial charge in [-0.15, -0.1) is 21.5 Å². The van der Waals surface area contributed by atoms with Gasteiger partial charge in [-0.25, -0.2) is 8.42 Å². The first-order valence-corrected chi connectivity index (χ1v) is 9.51. The number of rotatable bonds is 4. The van der Waals surface area contributed by atoms with E-state index in [1.165, 1.54) is 0 Å². The summed E-state index contributed by atoms with van der Waals surface area (Å²) in [6, 6.07) is 6.67. The van der Waals surface area contributed by atoms with Gasteiger partial charge in [0, 0.05) is 13.1 Å². The van der Waals surface area contributed by atoms with E-state index < -0.39 is 10.0 Å². The molecular weight excluding hydrogens is 376 g/mol. The maximum Gasteiger partial charge on any atom is 0.272 e. The molecule has 0 saturated carbocycles. The molecule has 1 fully saturated rings. The van der Waals surface area contributed by atoms with E-state index in [1.54, 1.807) is 24.3 Å². The molecule has 1 aliphatic heterocycles. The number of anilines is 2. The van der Waals surface area contributed by atoms with Crippen molar-refractivity contribution in [3.63, 3.8) is 0 Å². The van der Waals surface area contributed by atoms with Crippen LogP contribution >= 0.6 is 27.3 Å². The fourth-order valence-corrected chi connectivity index (χ4v) is 5.13. The molecule has 6 nitrogen and oxygen atoms in total. The van der Waals surface area contributed by atoms with Gasteiger partial charge in [0.05, 0.1) is 3.79 Å². The summed E-state index contributed by atoms with van der Waals surface area (Å²) in [4.78, 5) is 2.14. The van der Waals surface area contributed by atoms with Crippen LogP contribution < -0.4 is 9.62 Å². The van der Waals surface area contributed by atoms with Crippen LogP contribution in [0, 0.1) is 0 Å². The molecule has 0 amide bonds. The van der Waals surface area contributed by atoms with E-state index >= 15 is 0 Å². The van der Waals surface area contributed by atoms with Crippen molar-refractivity contribution in [2.75, 3.05) is 22.7 Å². The average molecular weight is 389 g/mol. The first kappa shape index (κ1) is 14.7. The van der Waals surface area contributed by atoms with Crippen LogP contribution in [-0.4, -0.2) is 31.7 Å². The summed E-state index contributed by atoms with van der Waals surface area (Å²) in [5, 5.41) is 8.04. The fourth-order valence-electron chi connectivity index (χ4n) is 2.12. The Morgan fingerprint density at radius 3 is 2.48 bits per heavy atom. The number of nitrogens with zero attached hydrogens (tertiary/aromatic N) is 3. The number of nitrogens with one attached hydrogen (secondary N) is 1. The summed E-state index contributed by atoms with van der Waals surface area (Å²) in [6.07, 6.45) is 2.31. The van der Waals surface area contributed by atoms with Gasteiger partial charge in [0.15, 0.2) is 11.6 Å². The molecule has 1 N–H and O–H groups in total. The van der Waals surface area contributed by atoms with E-state index in [0.29, 0.717) is 0 Å². The van der Waals surface area contributed by atoms with Crippen LogP contribution in [0.5, 0.6) is 0 Å². The summed E-state index contributed by atoms with van der Waals surface area (Å²) < 4.78 is 27.7. The van der Waals surface area contributed by atoms with Gasteiger partial charge in [-0.3, -0.25) is 4.72 Å². The van der Waals surface area contributed by atoms with Crippen molar-refractivity contribution >= 4 is 48.9 Å². The lowest BCUT2D eigenvalue weighted by Gasteiger charge is -2.15. The maximum absolute atomic E-state index is 12.2. The number of hydrogen-bond acceptors (Lipinski definition) is 6. The van der Waals surface area contributed by atoms with Crippen molar-refractivity contribution in [2.24, 2.45) is 0 Å². The average Bonchev–Trinajstić information content (AvgIpc) is 3.10. The van der Waals surface area contributed by atoms with Crippen molar-refractivity contribution in [1.82, 2.24) is 10.2 Å². The Hall–Kier alpha value is -1.19. The van der Waals surface area contributed by atoms with Gasteiger partial charge in [0.25, 0.3) is 10.0 Å². The minimum Gasteiger partial charge on any atom is -0.355 e. The molecule has 0 spiro atoms. The smallest absolute Gasteiger partial charge is 0.272 e. The van der Waals surface area contributed by atoms with Gasteiger partial charge in [0.2, 0.25) is 0 Å². The van der Waals surface area contributed by atoms with Crippen molar-refractivity contribution in [1.29, 1.82) is 0 Å². The third-order valence-corrected chi connectivity index (χ3v) is 6.60. The molecular formula is C12H13BrN4O2S2. The normalized spacial score (nSPS) is 15.4. The minimum atomic E-state index is -3.60. The predicted molar refractivity (Wildman–Crippen MR) is 86.3 cm³/mol. The second kappa shape index (κ2) is 5.90. The Morgan fingerprint density at radius 2 is 1.90 bits per heavy atom. The van der Waals surface area contributed by atoms with Crippen LogP contribution in [0.1, 0.15) is 12.8 Å². The third kappa shape index (κ3) is 3.35. The number of sulfonamides is 1. The SMILES string of the molecule is O=S(=O)(Nc1ccc(N2CCCC2)nn1)c1ccc(Br)s1. The Labute approximate surface area is 135 Å². The van der Waals surface area contributed by atoms with Gasteiger partial charge in [-0.2, -0.15) is 0 Å². The van der Waals surface area contributed by atoms with Crippen LogP contribution in [0.25, 0.3) is 0 Å². The zero-order valence-electron chi connectivity index (χ0n) is 11.0. The molecule has 112 valence electrons. The summed E-state index contributed by atoms with van der Waals surface area (Å²) in [5.41, 5.74) is 0. The largest absolute Gasteiger partial charge is 0.355 e. The van der Waals surface area contributed by atoms with Crippen molar-refractivity contribution in [3.8, 4) is 0 Å². The fraction of sp³-hybridized carbons (Fsp3) is 0.333. The van der Waals surface area contributed by atoms with Crippen molar-refractivity contribution < 1.29 is 8.42 Å². The van der Waals surface area contributed by atoms with Gasteiger partial charge in [-0.05, 0) is 53.0 Å². The standard InChI is InChI=1S/C12H13BrN4O2S2/c13-9-3-6-12(20-9)21(18,19)16-10-4-5-11(15-14-10)17-7-1-2-8-17/h3-6H,1-2,7-8H2,(H,14,16). The molecule has 0 atom stereocenters. The lowest BCUT2D eigenvalue weighted by molar-refractivity contribution is 0.603. The highest BCUT2D eigenvalue weighted by Gasteiger charge is 2.18. The highest BCUT2D eigenvalue weighted by Crippen LogP contribution is 2.27. The first-order valence-electron chi connectivity index (χ1n) is 6.41. The molecule has 2 aromatic rings. The second-order valence-electron chi connectivity index (χ2n) is 4.63. The topological polar surface area (TPSA) is 75.2 Å². The second-order valence-corrected chi connectivity index (χ2v) is 9.01. The first-order chi connectivity index (χ1) is 10.0. The summed E-state index contributed by atoms with van der Waals surface area (Å²) >= 11 is 4.40. The quantitative estimate of drug-likeness (QED) is 0.870. The van der Waals surface area contributed by atoms with Gasteiger partial charge in [0.1, 0.15) is 4.21 Å². The van der Waals surface area contributed by atoms with Crippen molar-refractivity contribution in [2.45, 2.75) is 17.1 Å². The monoisotopic (exact) mass is 388 g/mol. The molecule has 3 heterocycles. The van der Waals surface area contributed by atoms with Crippen LogP contribution in [0.4, 0.5) is 11.6 Å². The third-order valence-electron chi connectivity index (χ3n) is 3.13. The Morgan fingerprint density at radius 1 is 1.14 bits per heavy atom. The van der Waals surface area contributed by atoms with Crippen LogP contribution in [0.2, 0.25) is 0 Å². The van der Waals surface area contributed by atoms with Crippen LogP contribution in [0.15, 0.2) is 32.3 Å². The Kier molecular flexibility index (Phi) is 4.14. The van der Waals surface area contributed by atoms with E-state index in [4.69, 9.17) is 0 Å². The molecule has 0 aromatic carbocycles. The number of hydrogen-bond donors (Lipinski definition) is 1. The zero-order valence-corrected chi connectivity index (χ0v) is 14.2. The molecule has 3 rings (SSSR count). The molecule has 21 heavy (non-hydrogen) atoms. The Balaban J connectivity index is 1.75. The van der Waals surface area contributed by atoms with Gasteiger partial charge < -0.3 is 4.90 Å². The van der Waals surface area contributed by atoms with E-state index in [2.05, 4.69) is 35.7 Å². The molecule has 0 aliphatic carbocycles. The van der Waals surface area contributed by atoms with E-state index in [9.17, 15) is 8.42 Å². The van der Waals surface area contributed by atoms with Gasteiger partial charge >= 0.3 is 0 Å². The lowest BCUT2D eigenvalue weighted by Crippen LogP contribution is -2.20. The molecule has 0 unspecified atom stereocenters. The number of aromatic nitrogens is 2. The Bertz CT molecular complexity index is 724. The number of thiophene rings is 1. The maximum atomic E-state index is 12.2. The van der Waals surface area contributed by atoms with Crippen LogP contribution in [0.3, 0.4) is 0 Å². The molecule has 9 heteroatoms. The lowest BCUT2D eigenvalue weighted by atomic mass is 10.4. The van der Waals surface area contributed by atoms with E-state index in [-0.39, 0.29) is 10.0 Å². The highest BCUT2D eigenvalue weighted by molar-refractivity contribution is 9.11. The van der Waals surface area contributed by atoms with Crippen LogP contribution in [-0.2, 0) is 10.0 Å². The van der Waals surface area contributed by atoms with E-state index in [1.807, 2.05) is 0 Å². The molecule has 1 aliphatic rings. The summed E-state index contributed by atoms with van der Waals surface area (Å²) in [7, 11) is -3.60. The summed E-state index contributed by atoms with van der Waals surface area (Å²) in [6.45, 7) is 1.95.